The van der Waals surface area contributed by atoms with E-state index in [-0.39, 0.29) is 27.9 Å². The Morgan fingerprint density at radius 2 is 1.84 bits per heavy atom. The van der Waals surface area contributed by atoms with E-state index in [2.05, 4.69) is 16.2 Å². The quantitative estimate of drug-likeness (QED) is 0.115. The highest BCUT2D eigenvalue weighted by Gasteiger charge is 2.49. The summed E-state index contributed by atoms with van der Waals surface area (Å²) in [5.41, 5.74) is 1.98. The van der Waals surface area contributed by atoms with Crippen molar-refractivity contribution in [2.75, 3.05) is 6.61 Å². The van der Waals surface area contributed by atoms with Crippen LogP contribution in [0.25, 0.3) is 6.08 Å². The average molecular weight is 578 g/mol. The SMILES string of the molecule is C[Si](C)(C)C#CCCOC(=O)C1=Cc2cc(OC(F)(F)F)cc(I)c2OC1C(F)(F)F. The van der Waals surface area contributed by atoms with E-state index in [9.17, 15) is 31.1 Å². The zero-order valence-electron chi connectivity index (χ0n) is 16.5. The first-order valence-corrected chi connectivity index (χ1v) is 13.4. The van der Waals surface area contributed by atoms with E-state index in [0.29, 0.717) is 0 Å². The van der Waals surface area contributed by atoms with Gasteiger partial charge in [-0.15, -0.1) is 24.6 Å². The Balaban J connectivity index is 2.31. The van der Waals surface area contributed by atoms with Gasteiger partial charge in [0.2, 0.25) is 6.10 Å². The second-order valence-electron chi connectivity index (χ2n) is 7.45. The minimum absolute atomic E-state index is 0.0473. The highest BCUT2D eigenvalue weighted by molar-refractivity contribution is 14.1. The van der Waals surface area contributed by atoms with Crippen LogP contribution in [0.15, 0.2) is 17.7 Å². The van der Waals surface area contributed by atoms with Crippen molar-refractivity contribution >= 4 is 42.7 Å². The molecule has 0 saturated heterocycles. The Labute approximate surface area is 189 Å². The molecule has 0 aromatic heterocycles. The molecule has 0 amide bonds. The summed E-state index contributed by atoms with van der Waals surface area (Å²) < 4.78 is 91.6. The lowest BCUT2D eigenvalue weighted by atomic mass is 10.0. The van der Waals surface area contributed by atoms with Crippen molar-refractivity contribution in [1.29, 1.82) is 0 Å². The molecule has 1 heterocycles. The third-order valence-electron chi connectivity index (χ3n) is 3.57. The summed E-state index contributed by atoms with van der Waals surface area (Å²) in [7, 11) is -1.64. The van der Waals surface area contributed by atoms with Gasteiger partial charge in [0.25, 0.3) is 0 Å². The normalized spacial score (nSPS) is 16.3. The molecule has 1 aliphatic heterocycles. The van der Waals surface area contributed by atoms with Crippen LogP contribution in [0.3, 0.4) is 0 Å². The first-order chi connectivity index (χ1) is 14.1. The second kappa shape index (κ2) is 9.31. The molecule has 0 saturated carbocycles. The van der Waals surface area contributed by atoms with Gasteiger partial charge in [-0.05, 0) is 40.8 Å². The number of esters is 1. The van der Waals surface area contributed by atoms with E-state index in [0.717, 1.165) is 18.2 Å². The smallest absolute Gasteiger partial charge is 0.474 e. The third kappa shape index (κ3) is 7.64. The molecule has 1 atom stereocenters. The first-order valence-electron chi connectivity index (χ1n) is 8.78. The Morgan fingerprint density at radius 1 is 1.19 bits per heavy atom. The molecular formula is C19H17F6IO4Si. The molecule has 0 radical (unpaired) electrons. The maximum atomic E-state index is 13.5. The molecule has 31 heavy (non-hydrogen) atoms. The lowest BCUT2D eigenvalue weighted by Gasteiger charge is -2.28. The van der Waals surface area contributed by atoms with E-state index >= 15 is 0 Å². The number of carbonyl (C=O) groups is 1. The largest absolute Gasteiger partial charge is 0.573 e. The van der Waals surface area contributed by atoms with Crippen molar-refractivity contribution in [2.45, 2.75) is 44.7 Å². The molecule has 1 aromatic rings. The predicted molar refractivity (Wildman–Crippen MR) is 111 cm³/mol. The fourth-order valence-corrected chi connectivity index (χ4v) is 3.85. The molecule has 0 N–H and O–H groups in total. The Morgan fingerprint density at radius 3 is 2.39 bits per heavy atom. The summed E-state index contributed by atoms with van der Waals surface area (Å²) in [6.45, 7) is 5.76. The number of rotatable bonds is 4. The molecule has 0 spiro atoms. The highest BCUT2D eigenvalue weighted by Crippen LogP contribution is 2.42. The van der Waals surface area contributed by atoms with Gasteiger partial charge in [-0.1, -0.05) is 19.6 Å². The number of carbonyl (C=O) groups excluding carboxylic acids is 1. The van der Waals surface area contributed by atoms with Crippen LogP contribution < -0.4 is 9.47 Å². The topological polar surface area (TPSA) is 44.8 Å². The van der Waals surface area contributed by atoms with Crippen LogP contribution in [0.5, 0.6) is 11.5 Å². The van der Waals surface area contributed by atoms with Crippen LogP contribution >= 0.6 is 22.6 Å². The fourth-order valence-electron chi connectivity index (χ4n) is 2.45. The summed E-state index contributed by atoms with van der Waals surface area (Å²) in [6.07, 6.45) is -11.6. The molecule has 1 aromatic carbocycles. The van der Waals surface area contributed by atoms with Gasteiger partial charge < -0.3 is 14.2 Å². The molecule has 0 bridgehead atoms. The van der Waals surface area contributed by atoms with Gasteiger partial charge in [0.05, 0.1) is 9.14 Å². The van der Waals surface area contributed by atoms with E-state index in [1.54, 1.807) is 0 Å². The van der Waals surface area contributed by atoms with E-state index in [1.807, 2.05) is 19.6 Å². The number of hydrogen-bond acceptors (Lipinski definition) is 4. The van der Waals surface area contributed by atoms with Gasteiger partial charge in [-0.3, -0.25) is 0 Å². The summed E-state index contributed by atoms with van der Waals surface area (Å²) in [5.74, 6) is 0.556. The van der Waals surface area contributed by atoms with Crippen molar-refractivity contribution in [3.05, 3.63) is 26.8 Å². The lowest BCUT2D eigenvalue weighted by Crippen LogP contribution is -2.41. The summed E-state index contributed by atoms with van der Waals surface area (Å²) in [5, 5.41) is 0. The van der Waals surface area contributed by atoms with Crippen molar-refractivity contribution in [3.8, 4) is 23.0 Å². The van der Waals surface area contributed by atoms with Gasteiger partial charge in [-0.2, -0.15) is 13.2 Å². The molecule has 4 nitrogen and oxygen atoms in total. The zero-order chi connectivity index (χ0) is 23.6. The summed E-state index contributed by atoms with van der Waals surface area (Å²) in [6, 6.07) is 1.72. The van der Waals surface area contributed by atoms with Crippen LogP contribution in [0.2, 0.25) is 19.6 Å². The first kappa shape index (κ1) is 25.4. The van der Waals surface area contributed by atoms with E-state index in [4.69, 9.17) is 9.47 Å². The van der Waals surface area contributed by atoms with Crippen molar-refractivity contribution in [2.24, 2.45) is 0 Å². The Bertz CT molecular complexity index is 938. The highest BCUT2D eigenvalue weighted by atomic mass is 127. The maximum Gasteiger partial charge on any atom is 0.573 e. The number of alkyl halides is 6. The molecule has 0 fully saturated rings. The molecule has 2 rings (SSSR count). The number of halogens is 7. The summed E-state index contributed by atoms with van der Waals surface area (Å²) >= 11 is 1.52. The number of hydrogen-bond donors (Lipinski definition) is 0. The Kier molecular flexibility index (Phi) is 7.62. The number of ether oxygens (including phenoxy) is 3. The molecule has 1 unspecified atom stereocenters. The van der Waals surface area contributed by atoms with Crippen molar-refractivity contribution < 1.29 is 45.3 Å². The second-order valence-corrected chi connectivity index (χ2v) is 13.4. The molecule has 0 aliphatic carbocycles. The van der Waals surface area contributed by atoms with Crippen LogP contribution in [0, 0.1) is 15.0 Å². The standard InChI is InChI=1S/C19H17F6IO4Si/c1-31(2,3)7-5-4-6-28-17(27)13-9-11-8-12(30-19(23,24)25)10-14(26)15(11)29-16(13)18(20,21)22/h8-10,16H,4,6H2,1-3H3. The fraction of sp³-hybridized carbons (Fsp3) is 0.421. The van der Waals surface area contributed by atoms with E-state index in [1.165, 1.54) is 22.6 Å². The average Bonchev–Trinajstić information content (AvgIpc) is 2.57. The monoisotopic (exact) mass is 578 g/mol. The number of fused-ring (bicyclic) bond motifs is 1. The minimum Gasteiger partial charge on any atom is -0.474 e. The van der Waals surface area contributed by atoms with Crippen LogP contribution in [0.1, 0.15) is 12.0 Å². The summed E-state index contributed by atoms with van der Waals surface area (Å²) in [4.78, 5) is 12.3. The molecule has 170 valence electrons. The van der Waals surface area contributed by atoms with Crippen molar-refractivity contribution in [1.82, 2.24) is 0 Å². The van der Waals surface area contributed by atoms with Crippen molar-refractivity contribution in [3.63, 3.8) is 0 Å². The zero-order valence-corrected chi connectivity index (χ0v) is 19.7. The molecule has 1 aliphatic rings. The molecule has 12 heteroatoms. The van der Waals surface area contributed by atoms with Gasteiger partial charge >= 0.3 is 18.5 Å². The van der Waals surface area contributed by atoms with Crippen LogP contribution in [-0.4, -0.2) is 39.3 Å². The van der Waals surface area contributed by atoms with Gasteiger partial charge in [0.15, 0.2) is 0 Å². The van der Waals surface area contributed by atoms with Gasteiger partial charge in [-0.25, -0.2) is 4.79 Å². The Hall–Kier alpha value is -1.88. The van der Waals surface area contributed by atoms with Crippen LogP contribution in [-0.2, 0) is 9.53 Å². The van der Waals surface area contributed by atoms with Gasteiger partial charge in [0, 0.05) is 12.0 Å². The minimum atomic E-state index is -5.00. The number of benzene rings is 1. The lowest BCUT2D eigenvalue weighted by molar-refractivity contribution is -0.274. The van der Waals surface area contributed by atoms with Crippen LogP contribution in [0.4, 0.5) is 26.3 Å². The molecular weight excluding hydrogens is 561 g/mol. The third-order valence-corrected chi connectivity index (χ3v) is 5.29. The maximum absolute atomic E-state index is 13.5. The predicted octanol–water partition coefficient (Wildman–Crippen LogP) is 5.71. The van der Waals surface area contributed by atoms with E-state index < -0.39 is 44.0 Å². The van der Waals surface area contributed by atoms with Gasteiger partial charge in [0.1, 0.15) is 26.2 Å².